The third kappa shape index (κ3) is 9.12. The van der Waals surface area contributed by atoms with Crippen molar-refractivity contribution in [3.05, 3.63) is 0 Å². The molecule has 0 aliphatic carbocycles. The largest absolute Gasteiger partial charge is 0.480 e. The van der Waals surface area contributed by atoms with Crippen LogP contribution >= 0.6 is 0 Å². The van der Waals surface area contributed by atoms with Crippen molar-refractivity contribution < 1.29 is 24.2 Å². The van der Waals surface area contributed by atoms with E-state index in [1.165, 1.54) is 7.11 Å². The van der Waals surface area contributed by atoms with Crippen molar-refractivity contribution in [1.82, 2.24) is 16.0 Å². The van der Waals surface area contributed by atoms with Gasteiger partial charge < -0.3 is 25.8 Å². The van der Waals surface area contributed by atoms with Crippen molar-refractivity contribution >= 4 is 17.9 Å². The predicted octanol–water partition coefficient (Wildman–Crippen LogP) is -1.48. The van der Waals surface area contributed by atoms with Crippen molar-refractivity contribution in [3.63, 3.8) is 0 Å². The lowest BCUT2D eigenvalue weighted by molar-refractivity contribution is -0.137. The number of carbonyl (C=O) groups excluding carboxylic acids is 2. The molecule has 0 radical (unpaired) electrons. The van der Waals surface area contributed by atoms with Gasteiger partial charge in [-0.25, -0.2) is 4.79 Å². The van der Waals surface area contributed by atoms with Gasteiger partial charge in [0.25, 0.3) is 0 Å². The molecule has 0 aliphatic heterocycles. The lowest BCUT2D eigenvalue weighted by Crippen LogP contribution is -2.44. The molecule has 3 amide bonds. The third-order valence-electron chi connectivity index (χ3n) is 1.80. The van der Waals surface area contributed by atoms with Gasteiger partial charge in [0.15, 0.2) is 0 Å². The van der Waals surface area contributed by atoms with Gasteiger partial charge in [0.2, 0.25) is 5.91 Å². The number of carbonyl (C=O) groups is 3. The summed E-state index contributed by atoms with van der Waals surface area (Å²) >= 11 is 0. The second kappa shape index (κ2) is 8.34. The number of nitrogens with one attached hydrogen (secondary N) is 3. The fourth-order valence-electron chi connectivity index (χ4n) is 0.780. The molecule has 8 heteroatoms. The lowest BCUT2D eigenvalue weighted by atomic mass is 10.4. The predicted molar refractivity (Wildman–Crippen MR) is 58.5 cm³/mol. The molecule has 0 aromatic heterocycles. The van der Waals surface area contributed by atoms with Crippen LogP contribution in [0.25, 0.3) is 0 Å². The summed E-state index contributed by atoms with van der Waals surface area (Å²) in [7, 11) is 1.52. The lowest BCUT2D eigenvalue weighted by Gasteiger charge is -2.11. The third-order valence-corrected chi connectivity index (χ3v) is 1.80. The van der Waals surface area contributed by atoms with Gasteiger partial charge in [0.05, 0.1) is 12.6 Å². The van der Waals surface area contributed by atoms with E-state index in [0.29, 0.717) is 6.54 Å². The van der Waals surface area contributed by atoms with E-state index in [1.54, 1.807) is 6.92 Å². The molecular weight excluding hydrogens is 230 g/mol. The van der Waals surface area contributed by atoms with E-state index in [-0.39, 0.29) is 12.6 Å². The Morgan fingerprint density at radius 2 is 1.82 bits per heavy atom. The Hall–Kier alpha value is -1.83. The Bertz CT molecular complexity index is 282. The van der Waals surface area contributed by atoms with Gasteiger partial charge in [-0.1, -0.05) is 0 Å². The standard InChI is InChI=1S/C9H17N3O5/c1-6(17-2)3-11-9(16)12-4-7(13)10-5-8(14)15/h6H,3-5H2,1-2H3,(H,10,13)(H,14,15)(H2,11,12,16). The quantitative estimate of drug-likeness (QED) is 0.438. The summed E-state index contributed by atoms with van der Waals surface area (Å²) in [6.07, 6.45) is -0.124. The molecule has 0 rings (SSSR count). The summed E-state index contributed by atoms with van der Waals surface area (Å²) in [5, 5.41) is 15.1. The molecule has 0 bridgehead atoms. The number of aliphatic carboxylic acids is 1. The molecule has 0 saturated heterocycles. The van der Waals surface area contributed by atoms with Crippen LogP contribution in [0.2, 0.25) is 0 Å². The first-order valence-electron chi connectivity index (χ1n) is 4.98. The van der Waals surface area contributed by atoms with Crippen molar-refractivity contribution in [2.75, 3.05) is 26.7 Å². The zero-order valence-corrected chi connectivity index (χ0v) is 9.78. The monoisotopic (exact) mass is 247 g/mol. The van der Waals surface area contributed by atoms with Gasteiger partial charge in [-0.05, 0) is 6.92 Å². The highest BCUT2D eigenvalue weighted by Crippen LogP contribution is 1.82. The number of methoxy groups -OCH3 is 1. The highest BCUT2D eigenvalue weighted by molar-refractivity contribution is 5.86. The maximum Gasteiger partial charge on any atom is 0.322 e. The number of carboxylic acid groups (broad SMARTS) is 1. The molecule has 0 heterocycles. The number of rotatable bonds is 7. The van der Waals surface area contributed by atoms with Crippen LogP contribution in [0.5, 0.6) is 0 Å². The van der Waals surface area contributed by atoms with Crippen molar-refractivity contribution in [2.45, 2.75) is 13.0 Å². The first kappa shape index (κ1) is 15.2. The summed E-state index contributed by atoms with van der Waals surface area (Å²) in [6.45, 7) is 1.35. The van der Waals surface area contributed by atoms with Crippen LogP contribution < -0.4 is 16.0 Å². The Morgan fingerprint density at radius 3 is 2.35 bits per heavy atom. The summed E-state index contributed by atoms with van der Waals surface area (Å²) < 4.78 is 4.90. The molecule has 0 saturated carbocycles. The van der Waals surface area contributed by atoms with E-state index in [4.69, 9.17) is 9.84 Å². The highest BCUT2D eigenvalue weighted by Gasteiger charge is 2.07. The minimum Gasteiger partial charge on any atom is -0.480 e. The molecule has 1 unspecified atom stereocenters. The fraction of sp³-hybridized carbons (Fsp3) is 0.667. The topological polar surface area (TPSA) is 117 Å². The minimum absolute atomic E-state index is 0.124. The Balaban J connectivity index is 3.62. The molecule has 1 atom stereocenters. The van der Waals surface area contributed by atoms with Crippen molar-refractivity contribution in [2.24, 2.45) is 0 Å². The summed E-state index contributed by atoms with van der Waals surface area (Å²) in [4.78, 5) is 32.3. The van der Waals surface area contributed by atoms with Crippen LogP contribution in [0, 0.1) is 0 Å². The Kier molecular flexibility index (Phi) is 7.44. The van der Waals surface area contributed by atoms with Crippen LogP contribution in [0.1, 0.15) is 6.92 Å². The molecule has 4 N–H and O–H groups in total. The van der Waals surface area contributed by atoms with Crippen molar-refractivity contribution in [1.29, 1.82) is 0 Å². The molecule has 0 fully saturated rings. The molecule has 98 valence electrons. The first-order chi connectivity index (χ1) is 7.95. The number of hydrogen-bond donors (Lipinski definition) is 4. The van der Waals surface area contributed by atoms with Gasteiger partial charge in [0, 0.05) is 13.7 Å². The number of ether oxygens (including phenoxy) is 1. The minimum atomic E-state index is -1.14. The normalized spacial score (nSPS) is 11.4. The zero-order chi connectivity index (χ0) is 13.3. The van der Waals surface area contributed by atoms with Gasteiger partial charge in [-0.2, -0.15) is 0 Å². The molecule has 8 nitrogen and oxygen atoms in total. The first-order valence-corrected chi connectivity index (χ1v) is 4.98. The smallest absolute Gasteiger partial charge is 0.322 e. The van der Waals surface area contributed by atoms with Gasteiger partial charge in [0.1, 0.15) is 6.54 Å². The summed E-state index contributed by atoms with van der Waals surface area (Å²) in [5.74, 6) is -1.71. The Labute approximate surface area is 98.7 Å². The Morgan fingerprint density at radius 1 is 1.18 bits per heavy atom. The number of urea groups is 1. The van der Waals surface area contributed by atoms with E-state index in [2.05, 4.69) is 16.0 Å². The molecule has 0 aromatic carbocycles. The van der Waals surface area contributed by atoms with Crippen LogP contribution in [-0.2, 0) is 14.3 Å². The summed E-state index contributed by atoms with van der Waals surface area (Å²) in [5.41, 5.74) is 0. The number of amides is 3. The molecule has 0 spiro atoms. The van der Waals surface area contributed by atoms with E-state index >= 15 is 0 Å². The van der Waals surface area contributed by atoms with E-state index in [1.807, 2.05) is 0 Å². The van der Waals surface area contributed by atoms with Gasteiger partial charge >= 0.3 is 12.0 Å². The molecule has 17 heavy (non-hydrogen) atoms. The fourth-order valence-corrected chi connectivity index (χ4v) is 0.780. The summed E-state index contributed by atoms with van der Waals surface area (Å²) in [6, 6.07) is -0.514. The highest BCUT2D eigenvalue weighted by atomic mass is 16.5. The molecule has 0 aromatic rings. The van der Waals surface area contributed by atoms with Crippen LogP contribution in [-0.4, -0.2) is 55.9 Å². The van der Waals surface area contributed by atoms with Crippen molar-refractivity contribution in [3.8, 4) is 0 Å². The number of carboxylic acids is 1. The molecular formula is C9H17N3O5. The number of hydrogen-bond acceptors (Lipinski definition) is 4. The van der Waals surface area contributed by atoms with Gasteiger partial charge in [-0.15, -0.1) is 0 Å². The maximum atomic E-state index is 11.1. The molecule has 0 aliphatic rings. The average Bonchev–Trinajstić information content (AvgIpc) is 2.30. The van der Waals surface area contributed by atoms with E-state index in [0.717, 1.165) is 0 Å². The van der Waals surface area contributed by atoms with Gasteiger partial charge in [-0.3, -0.25) is 9.59 Å². The van der Waals surface area contributed by atoms with E-state index in [9.17, 15) is 14.4 Å². The second-order valence-electron chi connectivity index (χ2n) is 3.28. The maximum absolute atomic E-state index is 11.1. The second-order valence-corrected chi connectivity index (χ2v) is 3.28. The van der Waals surface area contributed by atoms with Crippen LogP contribution in [0.4, 0.5) is 4.79 Å². The van der Waals surface area contributed by atoms with Crippen LogP contribution in [0.15, 0.2) is 0 Å². The average molecular weight is 247 g/mol. The van der Waals surface area contributed by atoms with E-state index < -0.39 is 24.5 Å². The SMILES string of the molecule is COC(C)CNC(=O)NCC(=O)NCC(=O)O. The van der Waals surface area contributed by atoms with Crippen LogP contribution in [0.3, 0.4) is 0 Å². The zero-order valence-electron chi connectivity index (χ0n) is 9.78.